The Morgan fingerprint density at radius 3 is 2.88 bits per heavy atom. The largest absolute Gasteiger partial charge is 0.397 e. The van der Waals surface area contributed by atoms with Crippen molar-refractivity contribution >= 4 is 11.4 Å². The highest BCUT2D eigenvalue weighted by Gasteiger charge is 2.02. The smallest absolute Gasteiger partial charge is 0.125 e. The predicted molar refractivity (Wildman–Crippen MR) is 67.1 cm³/mol. The lowest BCUT2D eigenvalue weighted by molar-refractivity contribution is 0.628. The number of hydrogen-bond donors (Lipinski definition) is 2. The number of nitrogens with one attached hydrogen (secondary N) is 1. The van der Waals surface area contributed by atoms with Crippen molar-refractivity contribution in [2.75, 3.05) is 11.1 Å². The zero-order valence-electron chi connectivity index (χ0n) is 9.57. The molecule has 0 amide bonds. The molecule has 2 aromatic rings. The molecule has 0 bridgehead atoms. The fourth-order valence-corrected chi connectivity index (χ4v) is 1.58. The summed E-state index contributed by atoms with van der Waals surface area (Å²) in [4.78, 5) is 4.26. The van der Waals surface area contributed by atoms with Crippen LogP contribution in [0.15, 0.2) is 36.5 Å². The molecule has 1 heterocycles. The Kier molecular flexibility index (Phi) is 3.23. The first kappa shape index (κ1) is 11.4. The Hall–Kier alpha value is -2.10. The van der Waals surface area contributed by atoms with Crippen LogP contribution >= 0.6 is 0 Å². The molecule has 4 heteroatoms. The fourth-order valence-electron chi connectivity index (χ4n) is 1.58. The van der Waals surface area contributed by atoms with Gasteiger partial charge in [0.25, 0.3) is 0 Å². The fraction of sp³-hybridized carbons (Fsp3) is 0.154. The Labute approximate surface area is 99.5 Å². The zero-order chi connectivity index (χ0) is 12.3. The molecule has 0 spiro atoms. The summed E-state index contributed by atoms with van der Waals surface area (Å²) in [6, 6.07) is 8.20. The maximum Gasteiger partial charge on any atom is 0.125 e. The van der Waals surface area contributed by atoms with Crippen LogP contribution in [0.25, 0.3) is 0 Å². The third-order valence-electron chi connectivity index (χ3n) is 2.58. The molecule has 0 aliphatic heterocycles. The van der Waals surface area contributed by atoms with E-state index in [0.717, 1.165) is 16.9 Å². The van der Waals surface area contributed by atoms with Crippen molar-refractivity contribution < 1.29 is 4.39 Å². The van der Waals surface area contributed by atoms with Crippen LogP contribution in [0.1, 0.15) is 11.3 Å². The summed E-state index contributed by atoms with van der Waals surface area (Å²) in [6.45, 7) is 2.57. The lowest BCUT2D eigenvalue weighted by Crippen LogP contribution is -2.05. The minimum Gasteiger partial charge on any atom is -0.397 e. The third kappa shape index (κ3) is 2.72. The minimum absolute atomic E-state index is 0.331. The second kappa shape index (κ2) is 4.82. The number of nitrogens with zero attached hydrogens (tertiary/aromatic N) is 1. The number of aryl methyl sites for hydroxylation is 1. The second-order valence-electron chi connectivity index (χ2n) is 3.85. The molecule has 0 saturated heterocycles. The van der Waals surface area contributed by atoms with Crippen molar-refractivity contribution in [2.24, 2.45) is 0 Å². The maximum absolute atomic E-state index is 12.9. The van der Waals surface area contributed by atoms with Crippen LogP contribution in [0.4, 0.5) is 15.8 Å². The molecule has 0 atom stereocenters. The van der Waals surface area contributed by atoms with Crippen LogP contribution in [0.5, 0.6) is 0 Å². The lowest BCUT2D eigenvalue weighted by atomic mass is 10.2. The first-order valence-corrected chi connectivity index (χ1v) is 5.36. The number of hydrogen-bond acceptors (Lipinski definition) is 3. The number of aromatic nitrogens is 1. The van der Waals surface area contributed by atoms with E-state index in [1.807, 2.05) is 19.1 Å². The SMILES string of the molecule is Cc1cccnc1CNc1ccc(F)cc1N. The Morgan fingerprint density at radius 2 is 2.18 bits per heavy atom. The van der Waals surface area contributed by atoms with Gasteiger partial charge in [0.15, 0.2) is 0 Å². The van der Waals surface area contributed by atoms with E-state index in [4.69, 9.17) is 5.73 Å². The Bertz CT molecular complexity index is 526. The van der Waals surface area contributed by atoms with Crippen LogP contribution in [-0.4, -0.2) is 4.98 Å². The monoisotopic (exact) mass is 231 g/mol. The topological polar surface area (TPSA) is 50.9 Å². The maximum atomic E-state index is 12.9. The number of benzene rings is 1. The van der Waals surface area contributed by atoms with Gasteiger partial charge in [-0.05, 0) is 36.8 Å². The molecule has 17 heavy (non-hydrogen) atoms. The van der Waals surface area contributed by atoms with Crippen LogP contribution in [0.2, 0.25) is 0 Å². The van der Waals surface area contributed by atoms with Crippen molar-refractivity contribution in [3.8, 4) is 0 Å². The van der Waals surface area contributed by atoms with Crippen molar-refractivity contribution in [1.29, 1.82) is 0 Å². The third-order valence-corrected chi connectivity index (χ3v) is 2.58. The predicted octanol–water partition coefficient (Wildman–Crippen LogP) is 2.72. The summed E-state index contributed by atoms with van der Waals surface area (Å²) in [5.41, 5.74) is 8.89. The number of halogens is 1. The van der Waals surface area contributed by atoms with Crippen LogP contribution < -0.4 is 11.1 Å². The van der Waals surface area contributed by atoms with Gasteiger partial charge in [-0.2, -0.15) is 0 Å². The van der Waals surface area contributed by atoms with Crippen LogP contribution in [0.3, 0.4) is 0 Å². The summed E-state index contributed by atoms with van der Waals surface area (Å²) < 4.78 is 12.9. The number of nitrogens with two attached hydrogens (primary N) is 1. The van der Waals surface area contributed by atoms with E-state index in [9.17, 15) is 4.39 Å². The van der Waals surface area contributed by atoms with Gasteiger partial charge in [-0.25, -0.2) is 4.39 Å². The van der Waals surface area contributed by atoms with Gasteiger partial charge in [-0.15, -0.1) is 0 Å². The average molecular weight is 231 g/mol. The standard InChI is InChI=1S/C13H14FN3/c1-9-3-2-6-16-13(9)8-17-12-5-4-10(14)7-11(12)15/h2-7,17H,8,15H2,1H3. The highest BCUT2D eigenvalue weighted by atomic mass is 19.1. The van der Waals surface area contributed by atoms with E-state index < -0.39 is 0 Å². The van der Waals surface area contributed by atoms with Crippen molar-refractivity contribution in [2.45, 2.75) is 13.5 Å². The van der Waals surface area contributed by atoms with Gasteiger partial charge < -0.3 is 11.1 Å². The first-order chi connectivity index (χ1) is 8.16. The summed E-state index contributed by atoms with van der Waals surface area (Å²) >= 11 is 0. The molecule has 2 rings (SSSR count). The molecular formula is C13H14FN3. The van der Waals surface area contributed by atoms with Gasteiger partial charge in [0.05, 0.1) is 23.6 Å². The molecule has 88 valence electrons. The van der Waals surface area contributed by atoms with Gasteiger partial charge >= 0.3 is 0 Å². The first-order valence-electron chi connectivity index (χ1n) is 5.36. The molecule has 0 aliphatic rings. The number of pyridine rings is 1. The molecule has 0 aliphatic carbocycles. The van der Waals surface area contributed by atoms with Gasteiger partial charge in [-0.1, -0.05) is 6.07 Å². The van der Waals surface area contributed by atoms with Crippen molar-refractivity contribution in [1.82, 2.24) is 4.98 Å². The molecule has 3 nitrogen and oxygen atoms in total. The van der Waals surface area contributed by atoms with E-state index in [1.165, 1.54) is 12.1 Å². The highest BCUT2D eigenvalue weighted by Crippen LogP contribution is 2.19. The molecule has 1 aromatic heterocycles. The van der Waals surface area contributed by atoms with E-state index >= 15 is 0 Å². The summed E-state index contributed by atoms with van der Waals surface area (Å²) in [7, 11) is 0. The van der Waals surface area contributed by atoms with Crippen molar-refractivity contribution in [3.63, 3.8) is 0 Å². The van der Waals surface area contributed by atoms with E-state index in [0.29, 0.717) is 12.2 Å². The van der Waals surface area contributed by atoms with Gasteiger partial charge in [0.1, 0.15) is 5.82 Å². The molecule has 0 radical (unpaired) electrons. The molecule has 0 saturated carbocycles. The van der Waals surface area contributed by atoms with E-state index in [2.05, 4.69) is 10.3 Å². The second-order valence-corrected chi connectivity index (χ2v) is 3.85. The summed E-state index contributed by atoms with van der Waals surface area (Å²) in [5.74, 6) is -0.331. The number of nitrogen functional groups attached to an aromatic ring is 1. The minimum atomic E-state index is -0.331. The molecule has 0 unspecified atom stereocenters. The Balaban J connectivity index is 2.10. The molecule has 0 fully saturated rings. The average Bonchev–Trinajstić information content (AvgIpc) is 2.30. The molecule has 1 aromatic carbocycles. The highest BCUT2D eigenvalue weighted by molar-refractivity contribution is 5.65. The quantitative estimate of drug-likeness (QED) is 0.798. The normalized spacial score (nSPS) is 10.2. The Morgan fingerprint density at radius 1 is 1.35 bits per heavy atom. The van der Waals surface area contributed by atoms with Gasteiger partial charge in [0, 0.05) is 6.20 Å². The van der Waals surface area contributed by atoms with E-state index in [-0.39, 0.29) is 5.82 Å². The van der Waals surface area contributed by atoms with Gasteiger partial charge in [-0.3, -0.25) is 4.98 Å². The molecule has 3 N–H and O–H groups in total. The number of rotatable bonds is 3. The lowest BCUT2D eigenvalue weighted by Gasteiger charge is -2.10. The summed E-state index contributed by atoms with van der Waals surface area (Å²) in [5, 5.41) is 3.14. The summed E-state index contributed by atoms with van der Waals surface area (Å²) in [6.07, 6.45) is 1.75. The molecular weight excluding hydrogens is 217 g/mol. The number of anilines is 2. The van der Waals surface area contributed by atoms with Crippen LogP contribution in [0, 0.1) is 12.7 Å². The van der Waals surface area contributed by atoms with E-state index in [1.54, 1.807) is 12.3 Å². The zero-order valence-corrected chi connectivity index (χ0v) is 9.57. The van der Waals surface area contributed by atoms with Crippen molar-refractivity contribution in [3.05, 3.63) is 53.6 Å². The van der Waals surface area contributed by atoms with Crippen LogP contribution in [-0.2, 0) is 6.54 Å². The van der Waals surface area contributed by atoms with Gasteiger partial charge in [0.2, 0.25) is 0 Å².